The summed E-state index contributed by atoms with van der Waals surface area (Å²) in [5.74, 6) is 1.43. The zero-order valence-corrected chi connectivity index (χ0v) is 14.1. The van der Waals surface area contributed by atoms with E-state index in [2.05, 4.69) is 35.1 Å². The van der Waals surface area contributed by atoms with Crippen molar-refractivity contribution >= 4 is 39.1 Å². The molecule has 0 saturated carbocycles. The highest BCUT2D eigenvalue weighted by Crippen LogP contribution is 2.24. The summed E-state index contributed by atoms with van der Waals surface area (Å²) < 4.78 is 6.68. The molecule has 1 N–H and O–H groups in total. The van der Waals surface area contributed by atoms with Gasteiger partial charge in [-0.25, -0.2) is 0 Å². The van der Waals surface area contributed by atoms with E-state index in [-0.39, 0.29) is 6.61 Å². The van der Waals surface area contributed by atoms with E-state index in [4.69, 9.17) is 27.9 Å². The van der Waals surface area contributed by atoms with Gasteiger partial charge >= 0.3 is 0 Å². The molecule has 0 aromatic heterocycles. The van der Waals surface area contributed by atoms with Crippen LogP contribution in [-0.4, -0.2) is 13.2 Å². The van der Waals surface area contributed by atoms with Gasteiger partial charge in [0.15, 0.2) is 0 Å². The Balaban J connectivity index is 2.68. The first kappa shape index (κ1) is 16.8. The highest BCUT2D eigenvalue weighted by molar-refractivity contribution is 9.10. The van der Waals surface area contributed by atoms with Gasteiger partial charge in [0.05, 0.1) is 5.03 Å². The molecule has 106 valence electrons. The zero-order chi connectivity index (χ0) is 14.3. The fraction of sp³-hybridized carbons (Fsp3) is 0.429. The summed E-state index contributed by atoms with van der Waals surface area (Å²) >= 11 is 14.8. The predicted octanol–water partition coefficient (Wildman–Crippen LogP) is 4.89. The third-order valence-corrected chi connectivity index (χ3v) is 3.46. The van der Waals surface area contributed by atoms with Crippen molar-refractivity contribution in [2.45, 2.75) is 20.4 Å². The lowest BCUT2D eigenvalue weighted by Gasteiger charge is -2.13. The van der Waals surface area contributed by atoms with Crippen molar-refractivity contribution in [3.63, 3.8) is 0 Å². The molecule has 1 aromatic rings. The van der Waals surface area contributed by atoms with Crippen molar-refractivity contribution in [2.75, 3.05) is 13.2 Å². The maximum absolute atomic E-state index is 5.82. The van der Waals surface area contributed by atoms with Gasteiger partial charge in [-0.1, -0.05) is 53.0 Å². The van der Waals surface area contributed by atoms with Crippen molar-refractivity contribution in [1.29, 1.82) is 0 Å². The Kier molecular flexibility index (Phi) is 7.84. The molecular formula is C14H18BrCl2NO. The van der Waals surface area contributed by atoms with Gasteiger partial charge < -0.3 is 10.1 Å². The summed E-state index contributed by atoms with van der Waals surface area (Å²) in [4.78, 5) is 0. The quantitative estimate of drug-likeness (QED) is 0.741. The third-order valence-electron chi connectivity index (χ3n) is 2.37. The molecule has 0 aliphatic rings. The number of benzene rings is 1. The Hall–Kier alpha value is -0.220. The van der Waals surface area contributed by atoms with Crippen LogP contribution in [0.2, 0.25) is 0 Å². The largest absolute Gasteiger partial charge is 0.488 e. The zero-order valence-electron chi connectivity index (χ0n) is 11.1. The highest BCUT2D eigenvalue weighted by Gasteiger charge is 2.06. The predicted molar refractivity (Wildman–Crippen MR) is 86.0 cm³/mol. The molecule has 0 saturated heterocycles. The second-order valence-electron chi connectivity index (χ2n) is 4.62. The normalized spacial score (nSPS) is 12.0. The van der Waals surface area contributed by atoms with Crippen molar-refractivity contribution in [3.05, 3.63) is 38.8 Å². The van der Waals surface area contributed by atoms with E-state index in [1.54, 1.807) is 0 Å². The van der Waals surface area contributed by atoms with E-state index < -0.39 is 0 Å². The van der Waals surface area contributed by atoms with Gasteiger partial charge in [-0.05, 0) is 30.7 Å². The Morgan fingerprint density at radius 3 is 2.84 bits per heavy atom. The molecule has 0 fully saturated rings. The lowest BCUT2D eigenvalue weighted by atomic mass is 10.2. The first-order valence-electron chi connectivity index (χ1n) is 6.09. The molecule has 0 amide bonds. The fourth-order valence-electron chi connectivity index (χ4n) is 1.50. The summed E-state index contributed by atoms with van der Waals surface area (Å²) in [5.41, 5.74) is 2.41. The third kappa shape index (κ3) is 6.66. The van der Waals surface area contributed by atoms with Gasteiger partial charge in [0.25, 0.3) is 0 Å². The molecule has 0 aliphatic carbocycles. The van der Waals surface area contributed by atoms with Crippen LogP contribution in [-0.2, 0) is 6.54 Å². The number of hydrogen-bond acceptors (Lipinski definition) is 2. The lowest BCUT2D eigenvalue weighted by molar-refractivity contribution is 0.353. The number of hydrogen-bond donors (Lipinski definition) is 1. The second kappa shape index (κ2) is 8.85. The summed E-state index contributed by atoms with van der Waals surface area (Å²) in [7, 11) is 0. The van der Waals surface area contributed by atoms with E-state index in [1.807, 2.05) is 18.2 Å². The molecule has 0 bridgehead atoms. The first-order valence-corrected chi connectivity index (χ1v) is 7.70. The van der Waals surface area contributed by atoms with Crippen LogP contribution in [0.1, 0.15) is 19.4 Å². The Morgan fingerprint density at radius 2 is 2.21 bits per heavy atom. The van der Waals surface area contributed by atoms with Crippen LogP contribution >= 0.6 is 39.1 Å². The van der Waals surface area contributed by atoms with Crippen LogP contribution in [0.5, 0.6) is 5.75 Å². The van der Waals surface area contributed by atoms with Crippen LogP contribution in [0.4, 0.5) is 0 Å². The van der Waals surface area contributed by atoms with Gasteiger partial charge in [0.1, 0.15) is 12.4 Å². The van der Waals surface area contributed by atoms with Crippen molar-refractivity contribution in [1.82, 2.24) is 5.32 Å². The smallest absolute Gasteiger partial charge is 0.125 e. The summed E-state index contributed by atoms with van der Waals surface area (Å²) in [6.45, 7) is 6.36. The molecule has 1 aromatic carbocycles. The minimum atomic E-state index is 0.282. The molecule has 2 nitrogen and oxygen atoms in total. The van der Waals surface area contributed by atoms with Gasteiger partial charge in [-0.3, -0.25) is 0 Å². The topological polar surface area (TPSA) is 21.3 Å². The summed E-state index contributed by atoms with van der Waals surface area (Å²) in [6.07, 6.45) is 0. The van der Waals surface area contributed by atoms with Gasteiger partial charge in [-0.2, -0.15) is 0 Å². The Morgan fingerprint density at radius 1 is 1.47 bits per heavy atom. The maximum atomic E-state index is 5.82. The van der Waals surface area contributed by atoms with E-state index >= 15 is 0 Å². The standard InChI is InChI=1S/C14H18BrCl2NO/c1-10(2)7-18-8-11-5-12(15)3-4-14(11)19-9-13(17)6-16/h3-6,10,18H,7-9H2,1-2H3. The van der Waals surface area contributed by atoms with Crippen LogP contribution in [0, 0.1) is 5.92 Å². The van der Waals surface area contributed by atoms with E-state index in [1.165, 1.54) is 5.54 Å². The minimum absolute atomic E-state index is 0.282. The number of halogens is 3. The maximum Gasteiger partial charge on any atom is 0.125 e. The monoisotopic (exact) mass is 365 g/mol. The average molecular weight is 367 g/mol. The van der Waals surface area contributed by atoms with E-state index in [0.717, 1.165) is 28.9 Å². The molecule has 19 heavy (non-hydrogen) atoms. The van der Waals surface area contributed by atoms with Crippen molar-refractivity contribution in [2.24, 2.45) is 5.92 Å². The molecule has 1 rings (SSSR count). The molecule has 0 radical (unpaired) electrons. The van der Waals surface area contributed by atoms with Crippen LogP contribution in [0.25, 0.3) is 0 Å². The molecule has 0 heterocycles. The molecule has 0 atom stereocenters. The fourth-order valence-corrected chi connectivity index (χ4v) is 2.03. The van der Waals surface area contributed by atoms with Gasteiger partial charge in [0, 0.05) is 22.1 Å². The summed E-state index contributed by atoms with van der Waals surface area (Å²) in [6, 6.07) is 5.91. The van der Waals surface area contributed by atoms with Gasteiger partial charge in [0.2, 0.25) is 0 Å². The molecule has 0 spiro atoms. The number of ether oxygens (including phenoxy) is 1. The molecule has 5 heteroatoms. The van der Waals surface area contributed by atoms with E-state index in [9.17, 15) is 0 Å². The summed E-state index contributed by atoms with van der Waals surface area (Å²) in [5, 5.41) is 3.87. The van der Waals surface area contributed by atoms with Crippen LogP contribution in [0.15, 0.2) is 33.2 Å². The molecule has 0 aliphatic heterocycles. The van der Waals surface area contributed by atoms with Crippen molar-refractivity contribution < 1.29 is 4.74 Å². The molecule has 0 unspecified atom stereocenters. The minimum Gasteiger partial charge on any atom is -0.488 e. The Bertz CT molecular complexity index is 435. The average Bonchev–Trinajstić information content (AvgIpc) is 2.37. The van der Waals surface area contributed by atoms with Crippen molar-refractivity contribution in [3.8, 4) is 5.75 Å². The van der Waals surface area contributed by atoms with E-state index in [0.29, 0.717) is 11.0 Å². The lowest BCUT2D eigenvalue weighted by Crippen LogP contribution is -2.19. The molecular weight excluding hydrogens is 349 g/mol. The second-order valence-corrected chi connectivity index (χ2v) is 6.24. The number of rotatable bonds is 7. The van der Waals surface area contributed by atoms with Crippen LogP contribution in [0.3, 0.4) is 0 Å². The Labute approximate surface area is 133 Å². The van der Waals surface area contributed by atoms with Gasteiger partial charge in [-0.15, -0.1) is 0 Å². The number of nitrogens with one attached hydrogen (secondary N) is 1. The SMILES string of the molecule is CC(C)CNCc1cc(Br)ccc1OCC(Cl)=CCl. The highest BCUT2D eigenvalue weighted by atomic mass is 79.9. The van der Waals surface area contributed by atoms with Crippen LogP contribution < -0.4 is 10.1 Å². The first-order chi connectivity index (χ1) is 9.02.